The van der Waals surface area contributed by atoms with Crippen LogP contribution < -0.4 is 10.5 Å². The number of fused-ring (bicyclic) bond motifs is 1. The van der Waals surface area contributed by atoms with Gasteiger partial charge in [0.05, 0.1) is 11.6 Å². The number of aryl methyl sites for hydroxylation is 1. The second kappa shape index (κ2) is 3.50. The Balaban J connectivity index is 2.61. The van der Waals surface area contributed by atoms with Gasteiger partial charge in [0.2, 0.25) is 0 Å². The molecule has 0 radical (unpaired) electrons. The summed E-state index contributed by atoms with van der Waals surface area (Å²) in [6.07, 6.45) is 0. The molecule has 0 spiro atoms. The van der Waals surface area contributed by atoms with Crippen LogP contribution in [0.2, 0.25) is 0 Å². The van der Waals surface area contributed by atoms with Crippen LogP contribution >= 0.6 is 11.3 Å². The lowest BCUT2D eigenvalue weighted by Gasteiger charge is -2.06. The van der Waals surface area contributed by atoms with Crippen LogP contribution in [0.1, 0.15) is 12.5 Å². The Bertz CT molecular complexity index is 462. The van der Waals surface area contributed by atoms with Crippen LogP contribution in [0.15, 0.2) is 18.2 Å². The maximum atomic E-state index is 5.76. The van der Waals surface area contributed by atoms with Gasteiger partial charge in [0.1, 0.15) is 5.75 Å². The van der Waals surface area contributed by atoms with Crippen LogP contribution in [0.4, 0.5) is 5.00 Å². The molecular formula is C11H13NOS. The van der Waals surface area contributed by atoms with Crippen molar-refractivity contribution in [2.75, 3.05) is 12.3 Å². The lowest BCUT2D eigenvalue weighted by Crippen LogP contribution is -1.93. The van der Waals surface area contributed by atoms with Crippen molar-refractivity contribution in [1.82, 2.24) is 0 Å². The predicted octanol–water partition coefficient (Wildman–Crippen LogP) is 3.19. The minimum absolute atomic E-state index is 0.702. The third-order valence-corrected chi connectivity index (χ3v) is 3.30. The minimum atomic E-state index is 0.702. The van der Waals surface area contributed by atoms with Crippen molar-refractivity contribution in [3.63, 3.8) is 0 Å². The van der Waals surface area contributed by atoms with Gasteiger partial charge in [0.25, 0.3) is 0 Å². The predicted molar refractivity (Wildman–Crippen MR) is 62.1 cm³/mol. The van der Waals surface area contributed by atoms with E-state index in [9.17, 15) is 0 Å². The monoisotopic (exact) mass is 207 g/mol. The molecule has 3 heteroatoms. The number of nitrogens with two attached hydrogens (primary N) is 1. The summed E-state index contributed by atoms with van der Waals surface area (Å²) in [5.74, 6) is 0.960. The molecule has 0 fully saturated rings. The van der Waals surface area contributed by atoms with Gasteiger partial charge in [-0.05, 0) is 37.4 Å². The molecule has 1 heterocycles. The maximum Gasteiger partial charge on any atom is 0.123 e. The maximum absolute atomic E-state index is 5.76. The number of benzene rings is 1. The number of thiophene rings is 1. The summed E-state index contributed by atoms with van der Waals surface area (Å²) in [7, 11) is 0. The van der Waals surface area contributed by atoms with Crippen molar-refractivity contribution in [2.45, 2.75) is 13.8 Å². The van der Waals surface area contributed by atoms with Crippen molar-refractivity contribution >= 4 is 26.4 Å². The van der Waals surface area contributed by atoms with Crippen molar-refractivity contribution in [1.29, 1.82) is 0 Å². The fourth-order valence-corrected chi connectivity index (χ4v) is 2.48. The van der Waals surface area contributed by atoms with Gasteiger partial charge in [0, 0.05) is 10.3 Å². The molecule has 0 aliphatic heterocycles. The molecule has 0 amide bonds. The van der Waals surface area contributed by atoms with Gasteiger partial charge < -0.3 is 10.5 Å². The molecule has 0 saturated carbocycles. The highest BCUT2D eigenvalue weighted by molar-refractivity contribution is 7.22. The van der Waals surface area contributed by atoms with Gasteiger partial charge in [-0.2, -0.15) is 0 Å². The van der Waals surface area contributed by atoms with Crippen LogP contribution in [0.5, 0.6) is 5.75 Å². The van der Waals surface area contributed by atoms with E-state index < -0.39 is 0 Å². The van der Waals surface area contributed by atoms with Crippen LogP contribution in [-0.4, -0.2) is 6.61 Å². The van der Waals surface area contributed by atoms with Gasteiger partial charge in [-0.1, -0.05) is 0 Å². The molecule has 0 atom stereocenters. The lowest BCUT2D eigenvalue weighted by molar-refractivity contribution is 0.338. The topological polar surface area (TPSA) is 35.2 Å². The molecule has 2 nitrogen and oxygen atoms in total. The van der Waals surface area contributed by atoms with Gasteiger partial charge in [-0.25, -0.2) is 0 Å². The Kier molecular flexibility index (Phi) is 2.33. The van der Waals surface area contributed by atoms with Gasteiger partial charge >= 0.3 is 0 Å². The Morgan fingerprint density at radius 1 is 1.43 bits per heavy atom. The zero-order valence-electron chi connectivity index (χ0n) is 8.33. The molecule has 1 aromatic heterocycles. The molecule has 2 rings (SSSR count). The van der Waals surface area contributed by atoms with E-state index in [1.165, 1.54) is 15.6 Å². The molecule has 14 heavy (non-hydrogen) atoms. The first kappa shape index (κ1) is 9.34. The quantitative estimate of drug-likeness (QED) is 0.820. The number of ether oxygens (including phenoxy) is 1. The number of anilines is 1. The first-order valence-electron chi connectivity index (χ1n) is 4.63. The largest absolute Gasteiger partial charge is 0.494 e. The summed E-state index contributed by atoms with van der Waals surface area (Å²) in [5, 5.41) is 2.06. The zero-order valence-corrected chi connectivity index (χ0v) is 9.15. The van der Waals surface area contributed by atoms with E-state index in [2.05, 4.69) is 13.0 Å². The molecule has 74 valence electrons. The minimum Gasteiger partial charge on any atom is -0.494 e. The smallest absolute Gasteiger partial charge is 0.123 e. The van der Waals surface area contributed by atoms with Crippen LogP contribution in [0.25, 0.3) is 10.1 Å². The molecule has 0 aliphatic rings. The summed E-state index contributed by atoms with van der Waals surface area (Å²) in [6.45, 7) is 4.77. The summed E-state index contributed by atoms with van der Waals surface area (Å²) >= 11 is 1.62. The second-order valence-corrected chi connectivity index (χ2v) is 4.27. The number of nitrogen functional groups attached to an aromatic ring is 1. The van der Waals surface area contributed by atoms with E-state index in [1.807, 2.05) is 19.1 Å². The average Bonchev–Trinajstić information content (AvgIpc) is 2.52. The molecule has 0 aliphatic carbocycles. The van der Waals surface area contributed by atoms with Crippen molar-refractivity contribution in [2.24, 2.45) is 0 Å². The SMILES string of the molecule is CCOc1ccc2cc(N)sc2c1C. The highest BCUT2D eigenvalue weighted by Crippen LogP contribution is 2.34. The summed E-state index contributed by atoms with van der Waals surface area (Å²) in [5.41, 5.74) is 6.95. The standard InChI is InChI=1S/C11H13NOS/c1-3-13-9-5-4-8-6-10(12)14-11(8)7(9)2/h4-6H,3,12H2,1-2H3. The van der Waals surface area contributed by atoms with E-state index in [1.54, 1.807) is 11.3 Å². The molecule has 1 aromatic carbocycles. The first-order valence-corrected chi connectivity index (χ1v) is 5.45. The fourth-order valence-electron chi connectivity index (χ4n) is 1.56. The third-order valence-electron chi connectivity index (χ3n) is 2.20. The van der Waals surface area contributed by atoms with Crippen LogP contribution in [0, 0.1) is 6.92 Å². The van der Waals surface area contributed by atoms with Crippen molar-refractivity contribution < 1.29 is 4.74 Å². The van der Waals surface area contributed by atoms with Gasteiger partial charge in [-0.15, -0.1) is 11.3 Å². The van der Waals surface area contributed by atoms with E-state index in [-0.39, 0.29) is 0 Å². The number of rotatable bonds is 2. The summed E-state index contributed by atoms with van der Waals surface area (Å²) in [4.78, 5) is 0. The van der Waals surface area contributed by atoms with E-state index in [0.717, 1.165) is 10.8 Å². The van der Waals surface area contributed by atoms with Gasteiger partial charge in [0.15, 0.2) is 0 Å². The Labute approximate surface area is 87.3 Å². The van der Waals surface area contributed by atoms with Crippen molar-refractivity contribution in [3.8, 4) is 5.75 Å². The lowest BCUT2D eigenvalue weighted by atomic mass is 10.1. The highest BCUT2D eigenvalue weighted by atomic mass is 32.1. The van der Waals surface area contributed by atoms with Crippen LogP contribution in [-0.2, 0) is 0 Å². The number of hydrogen-bond donors (Lipinski definition) is 1. The van der Waals surface area contributed by atoms with E-state index >= 15 is 0 Å². The molecular weight excluding hydrogens is 194 g/mol. The highest BCUT2D eigenvalue weighted by Gasteiger charge is 2.06. The molecule has 0 unspecified atom stereocenters. The molecule has 0 saturated heterocycles. The third kappa shape index (κ3) is 1.44. The zero-order chi connectivity index (χ0) is 10.1. The Morgan fingerprint density at radius 3 is 2.93 bits per heavy atom. The van der Waals surface area contributed by atoms with Crippen molar-refractivity contribution in [3.05, 3.63) is 23.8 Å². The summed E-state index contributed by atoms with van der Waals surface area (Å²) < 4.78 is 6.75. The van der Waals surface area contributed by atoms with E-state index in [4.69, 9.17) is 10.5 Å². The molecule has 2 aromatic rings. The Morgan fingerprint density at radius 2 is 2.21 bits per heavy atom. The van der Waals surface area contributed by atoms with Gasteiger partial charge in [-0.3, -0.25) is 0 Å². The van der Waals surface area contributed by atoms with E-state index in [0.29, 0.717) is 6.61 Å². The van der Waals surface area contributed by atoms with Crippen LogP contribution in [0.3, 0.4) is 0 Å². The first-order chi connectivity index (χ1) is 6.72. The Hall–Kier alpha value is -1.22. The second-order valence-electron chi connectivity index (χ2n) is 3.19. The normalized spacial score (nSPS) is 10.7. The fraction of sp³-hybridized carbons (Fsp3) is 0.273. The number of hydrogen-bond acceptors (Lipinski definition) is 3. The average molecular weight is 207 g/mol. The molecule has 0 bridgehead atoms. The summed E-state index contributed by atoms with van der Waals surface area (Å²) in [6, 6.07) is 6.07. The molecule has 2 N–H and O–H groups in total.